The Morgan fingerprint density at radius 2 is 1.88 bits per heavy atom. The molecule has 130 valence electrons. The molecule has 0 bridgehead atoms. The van der Waals surface area contributed by atoms with Gasteiger partial charge in [0.1, 0.15) is 12.0 Å². The van der Waals surface area contributed by atoms with Gasteiger partial charge >= 0.3 is 0 Å². The zero-order valence-electron chi connectivity index (χ0n) is 13.9. The predicted molar refractivity (Wildman–Crippen MR) is 95.6 cm³/mol. The number of rotatable bonds is 5. The molecule has 0 radical (unpaired) electrons. The average Bonchev–Trinajstić information content (AvgIpc) is 2.97. The van der Waals surface area contributed by atoms with Crippen LogP contribution in [-0.4, -0.2) is 17.9 Å². The summed E-state index contributed by atoms with van der Waals surface area (Å²) in [6.45, 7) is 5.88. The third-order valence-corrected chi connectivity index (χ3v) is 3.27. The van der Waals surface area contributed by atoms with Gasteiger partial charge in [0.05, 0.1) is 12.1 Å². The van der Waals surface area contributed by atoms with Crippen LogP contribution in [0.4, 0.5) is 5.69 Å². The molecule has 0 spiro atoms. The number of carbonyl (C=O) groups is 2. The van der Waals surface area contributed by atoms with Crippen molar-refractivity contribution in [1.82, 2.24) is 5.32 Å². The van der Waals surface area contributed by atoms with Crippen LogP contribution in [-0.2, 0) is 6.54 Å². The van der Waals surface area contributed by atoms with Crippen molar-refractivity contribution in [3.63, 3.8) is 0 Å². The standard InChI is InChI=1S/C17H21N3O3.ClH/c1-10(2)19-16(21)12-4-5-15(11(3)6-12)20-17(22)13-7-14(8-18)23-9-13;/h4-7,9-10H,8,18H2,1-3H3,(H,19,21)(H,20,22);1H. The smallest absolute Gasteiger partial charge is 0.258 e. The van der Waals surface area contributed by atoms with Crippen molar-refractivity contribution in [2.45, 2.75) is 33.4 Å². The van der Waals surface area contributed by atoms with E-state index in [0.717, 1.165) is 5.56 Å². The lowest BCUT2D eigenvalue weighted by molar-refractivity contribution is 0.0942. The first-order valence-electron chi connectivity index (χ1n) is 7.41. The molecule has 6 nitrogen and oxygen atoms in total. The molecule has 24 heavy (non-hydrogen) atoms. The number of anilines is 1. The van der Waals surface area contributed by atoms with Crippen molar-refractivity contribution in [3.05, 3.63) is 53.0 Å². The third kappa shape index (κ3) is 4.84. The summed E-state index contributed by atoms with van der Waals surface area (Å²) in [5.74, 6) is 0.131. The molecule has 7 heteroatoms. The van der Waals surface area contributed by atoms with Gasteiger partial charge in [0.25, 0.3) is 11.8 Å². The molecule has 1 aromatic carbocycles. The highest BCUT2D eigenvalue weighted by atomic mass is 35.5. The third-order valence-electron chi connectivity index (χ3n) is 3.27. The Kier molecular flexibility index (Phi) is 7.00. The topological polar surface area (TPSA) is 97.4 Å². The van der Waals surface area contributed by atoms with Gasteiger partial charge < -0.3 is 20.8 Å². The molecule has 4 N–H and O–H groups in total. The number of hydrogen-bond acceptors (Lipinski definition) is 4. The molecule has 0 unspecified atom stereocenters. The highest BCUT2D eigenvalue weighted by molar-refractivity contribution is 6.05. The van der Waals surface area contributed by atoms with Gasteiger partial charge in [-0.15, -0.1) is 12.4 Å². The molecule has 1 aromatic heterocycles. The van der Waals surface area contributed by atoms with E-state index in [2.05, 4.69) is 10.6 Å². The number of carbonyl (C=O) groups excluding carboxylic acids is 2. The van der Waals surface area contributed by atoms with Gasteiger partial charge in [0, 0.05) is 17.3 Å². The molecule has 0 fully saturated rings. The number of halogens is 1. The van der Waals surface area contributed by atoms with E-state index in [-0.39, 0.29) is 36.8 Å². The van der Waals surface area contributed by atoms with Crippen LogP contribution in [0.2, 0.25) is 0 Å². The highest BCUT2D eigenvalue weighted by Gasteiger charge is 2.13. The Balaban J connectivity index is 0.00000288. The van der Waals surface area contributed by atoms with E-state index >= 15 is 0 Å². The minimum atomic E-state index is -0.282. The fourth-order valence-electron chi connectivity index (χ4n) is 2.09. The van der Waals surface area contributed by atoms with Crippen molar-refractivity contribution in [3.8, 4) is 0 Å². The maximum atomic E-state index is 12.2. The monoisotopic (exact) mass is 351 g/mol. The summed E-state index contributed by atoms with van der Waals surface area (Å²) < 4.78 is 5.15. The largest absolute Gasteiger partial charge is 0.467 e. The van der Waals surface area contributed by atoms with Gasteiger partial charge in [0.15, 0.2) is 0 Å². The maximum Gasteiger partial charge on any atom is 0.258 e. The highest BCUT2D eigenvalue weighted by Crippen LogP contribution is 2.18. The summed E-state index contributed by atoms with van der Waals surface area (Å²) in [6.07, 6.45) is 1.37. The average molecular weight is 352 g/mol. The van der Waals surface area contributed by atoms with E-state index in [1.807, 2.05) is 20.8 Å². The lowest BCUT2D eigenvalue weighted by Gasteiger charge is -2.11. The maximum absolute atomic E-state index is 12.2. The number of amides is 2. The fourth-order valence-corrected chi connectivity index (χ4v) is 2.09. The molecular weight excluding hydrogens is 330 g/mol. The van der Waals surface area contributed by atoms with E-state index in [0.29, 0.717) is 22.6 Å². The Hall–Kier alpha value is -2.31. The number of hydrogen-bond donors (Lipinski definition) is 3. The second-order valence-corrected chi connectivity index (χ2v) is 5.62. The van der Waals surface area contributed by atoms with E-state index in [1.165, 1.54) is 6.26 Å². The van der Waals surface area contributed by atoms with E-state index in [1.54, 1.807) is 24.3 Å². The number of nitrogens with two attached hydrogens (primary N) is 1. The Labute approximate surface area is 147 Å². The predicted octanol–water partition coefficient (Wildman–Crippen LogP) is 2.86. The second kappa shape index (κ2) is 8.52. The molecule has 0 saturated heterocycles. The van der Waals surface area contributed by atoms with Crippen molar-refractivity contribution in [2.75, 3.05) is 5.32 Å². The van der Waals surface area contributed by atoms with Crippen LogP contribution in [0.25, 0.3) is 0 Å². The minimum absolute atomic E-state index is 0. The Bertz CT molecular complexity index is 726. The molecule has 0 saturated carbocycles. The first kappa shape index (κ1) is 19.7. The van der Waals surface area contributed by atoms with E-state index in [4.69, 9.17) is 10.2 Å². The van der Waals surface area contributed by atoms with Crippen LogP contribution in [0.1, 0.15) is 45.9 Å². The summed E-state index contributed by atoms with van der Waals surface area (Å²) in [6, 6.07) is 6.82. The lowest BCUT2D eigenvalue weighted by Crippen LogP contribution is -2.30. The SMILES string of the molecule is Cc1cc(C(=O)NC(C)C)ccc1NC(=O)c1coc(CN)c1.Cl. The molecular formula is C17H22ClN3O3. The summed E-state index contributed by atoms with van der Waals surface area (Å²) in [4.78, 5) is 24.1. The molecule has 2 amide bonds. The second-order valence-electron chi connectivity index (χ2n) is 5.62. The quantitative estimate of drug-likeness (QED) is 0.771. The van der Waals surface area contributed by atoms with Gasteiger partial charge in [-0.2, -0.15) is 0 Å². The van der Waals surface area contributed by atoms with E-state index < -0.39 is 0 Å². The van der Waals surface area contributed by atoms with Crippen LogP contribution in [0, 0.1) is 6.92 Å². The first-order valence-corrected chi connectivity index (χ1v) is 7.41. The summed E-state index contributed by atoms with van der Waals surface area (Å²) >= 11 is 0. The normalized spacial score (nSPS) is 10.2. The molecule has 2 rings (SSSR count). The zero-order valence-corrected chi connectivity index (χ0v) is 14.7. The number of nitrogens with one attached hydrogen (secondary N) is 2. The van der Waals surface area contributed by atoms with Crippen molar-refractivity contribution < 1.29 is 14.0 Å². The zero-order chi connectivity index (χ0) is 17.0. The van der Waals surface area contributed by atoms with Gasteiger partial charge in [-0.25, -0.2) is 0 Å². The Morgan fingerprint density at radius 3 is 2.42 bits per heavy atom. The van der Waals surface area contributed by atoms with Crippen molar-refractivity contribution in [1.29, 1.82) is 0 Å². The van der Waals surface area contributed by atoms with Crippen LogP contribution in [0.5, 0.6) is 0 Å². The summed E-state index contributed by atoms with van der Waals surface area (Å²) in [7, 11) is 0. The first-order chi connectivity index (χ1) is 10.9. The minimum Gasteiger partial charge on any atom is -0.467 e. The number of furan rings is 1. The molecule has 0 aliphatic carbocycles. The van der Waals surface area contributed by atoms with Gasteiger partial charge in [0.2, 0.25) is 0 Å². The molecule has 0 aliphatic heterocycles. The van der Waals surface area contributed by atoms with E-state index in [9.17, 15) is 9.59 Å². The van der Waals surface area contributed by atoms with Gasteiger partial charge in [-0.1, -0.05) is 0 Å². The fraction of sp³-hybridized carbons (Fsp3) is 0.294. The molecule has 2 aromatic rings. The number of benzene rings is 1. The van der Waals surface area contributed by atoms with Crippen molar-refractivity contribution in [2.24, 2.45) is 5.73 Å². The lowest BCUT2D eigenvalue weighted by atomic mass is 10.1. The van der Waals surface area contributed by atoms with Gasteiger partial charge in [-0.3, -0.25) is 9.59 Å². The Morgan fingerprint density at radius 1 is 1.17 bits per heavy atom. The number of aryl methyl sites for hydroxylation is 1. The van der Waals surface area contributed by atoms with Crippen LogP contribution in [0.15, 0.2) is 34.9 Å². The molecule has 0 atom stereocenters. The van der Waals surface area contributed by atoms with Crippen molar-refractivity contribution >= 4 is 29.9 Å². The van der Waals surface area contributed by atoms with Crippen LogP contribution < -0.4 is 16.4 Å². The van der Waals surface area contributed by atoms with Crippen LogP contribution >= 0.6 is 12.4 Å². The molecule has 1 heterocycles. The van der Waals surface area contributed by atoms with Crippen LogP contribution in [0.3, 0.4) is 0 Å². The summed E-state index contributed by atoms with van der Waals surface area (Å²) in [5, 5.41) is 5.63. The summed E-state index contributed by atoms with van der Waals surface area (Å²) in [5.41, 5.74) is 7.87. The molecule has 0 aliphatic rings. The van der Waals surface area contributed by atoms with Gasteiger partial charge in [-0.05, 0) is 50.6 Å².